The molecular weight excluding hydrogens is 316 g/mol. The lowest BCUT2D eigenvalue weighted by molar-refractivity contribution is 0.102. The van der Waals surface area contributed by atoms with E-state index in [1.165, 1.54) is 0 Å². The number of nitrogens with one attached hydrogen (secondary N) is 1. The van der Waals surface area contributed by atoms with Crippen molar-refractivity contribution in [3.05, 3.63) is 57.5 Å². The molecule has 92 valence electrons. The first-order valence-corrected chi connectivity index (χ1v) is 6.35. The second-order valence-corrected chi connectivity index (χ2v) is 5.03. The van der Waals surface area contributed by atoms with Crippen LogP contribution >= 0.6 is 27.5 Å². The first-order valence-electron chi connectivity index (χ1n) is 5.18. The second kappa shape index (κ2) is 5.42. The maximum absolute atomic E-state index is 12.0. The SMILES string of the molecule is Nc1cc(Br)cc(C(=O)Nc2ccccc2Cl)c1. The van der Waals surface area contributed by atoms with Crippen molar-refractivity contribution < 1.29 is 4.79 Å². The predicted octanol–water partition coefficient (Wildman–Crippen LogP) is 3.94. The van der Waals surface area contributed by atoms with Gasteiger partial charge >= 0.3 is 0 Å². The van der Waals surface area contributed by atoms with Gasteiger partial charge in [-0.3, -0.25) is 4.79 Å². The van der Waals surface area contributed by atoms with Crippen molar-refractivity contribution in [1.82, 2.24) is 0 Å². The molecule has 0 heterocycles. The van der Waals surface area contributed by atoms with Crippen molar-refractivity contribution in [3.8, 4) is 0 Å². The van der Waals surface area contributed by atoms with Gasteiger partial charge in [-0.1, -0.05) is 39.7 Å². The highest BCUT2D eigenvalue weighted by atomic mass is 79.9. The lowest BCUT2D eigenvalue weighted by atomic mass is 10.2. The van der Waals surface area contributed by atoms with E-state index in [4.69, 9.17) is 17.3 Å². The molecule has 0 saturated carbocycles. The normalized spacial score (nSPS) is 10.1. The van der Waals surface area contributed by atoms with Gasteiger partial charge in [-0.05, 0) is 30.3 Å². The molecule has 2 aromatic carbocycles. The first-order chi connectivity index (χ1) is 8.56. The van der Waals surface area contributed by atoms with E-state index in [-0.39, 0.29) is 5.91 Å². The third kappa shape index (κ3) is 3.03. The van der Waals surface area contributed by atoms with E-state index in [1.807, 2.05) is 0 Å². The van der Waals surface area contributed by atoms with Gasteiger partial charge in [0, 0.05) is 15.7 Å². The Hall–Kier alpha value is -1.52. The maximum atomic E-state index is 12.0. The summed E-state index contributed by atoms with van der Waals surface area (Å²) in [6.07, 6.45) is 0. The van der Waals surface area contributed by atoms with Crippen LogP contribution < -0.4 is 11.1 Å². The molecule has 0 aliphatic rings. The number of para-hydroxylation sites is 1. The fourth-order valence-corrected chi connectivity index (χ4v) is 2.19. The summed E-state index contributed by atoms with van der Waals surface area (Å²) in [6, 6.07) is 12.1. The Balaban J connectivity index is 2.25. The van der Waals surface area contributed by atoms with Crippen LogP contribution in [-0.4, -0.2) is 5.91 Å². The van der Waals surface area contributed by atoms with Gasteiger partial charge in [-0.25, -0.2) is 0 Å². The Morgan fingerprint density at radius 1 is 1.22 bits per heavy atom. The number of carbonyl (C=O) groups is 1. The van der Waals surface area contributed by atoms with Crippen LogP contribution in [-0.2, 0) is 0 Å². The lowest BCUT2D eigenvalue weighted by Crippen LogP contribution is -2.12. The van der Waals surface area contributed by atoms with Crippen LogP contribution in [0.15, 0.2) is 46.9 Å². The van der Waals surface area contributed by atoms with Gasteiger partial charge in [-0.2, -0.15) is 0 Å². The Morgan fingerprint density at radius 2 is 1.94 bits per heavy atom. The van der Waals surface area contributed by atoms with Crippen LogP contribution in [0.2, 0.25) is 5.02 Å². The van der Waals surface area contributed by atoms with E-state index in [0.717, 1.165) is 4.47 Å². The van der Waals surface area contributed by atoms with Crippen molar-refractivity contribution in [2.24, 2.45) is 0 Å². The predicted molar refractivity (Wildman–Crippen MR) is 78.0 cm³/mol. The minimum atomic E-state index is -0.254. The molecular formula is C13H10BrClN2O. The molecule has 3 N–H and O–H groups in total. The first kappa shape index (κ1) is 12.9. The molecule has 2 rings (SSSR count). The quantitative estimate of drug-likeness (QED) is 0.822. The van der Waals surface area contributed by atoms with Crippen molar-refractivity contribution in [2.45, 2.75) is 0 Å². The summed E-state index contributed by atoms with van der Waals surface area (Å²) < 4.78 is 0.756. The summed E-state index contributed by atoms with van der Waals surface area (Å²) >= 11 is 9.26. The van der Waals surface area contributed by atoms with Gasteiger partial charge in [0.15, 0.2) is 0 Å². The third-order valence-corrected chi connectivity index (χ3v) is 3.09. The highest BCUT2D eigenvalue weighted by Crippen LogP contribution is 2.22. The van der Waals surface area contributed by atoms with E-state index in [1.54, 1.807) is 42.5 Å². The van der Waals surface area contributed by atoms with Crippen LogP contribution in [0, 0.1) is 0 Å². The van der Waals surface area contributed by atoms with Gasteiger partial charge in [0.1, 0.15) is 0 Å². The number of carbonyl (C=O) groups excluding carboxylic acids is 1. The van der Waals surface area contributed by atoms with Crippen molar-refractivity contribution in [1.29, 1.82) is 0 Å². The maximum Gasteiger partial charge on any atom is 0.255 e. The van der Waals surface area contributed by atoms with Crippen molar-refractivity contribution in [3.63, 3.8) is 0 Å². The summed E-state index contributed by atoms with van der Waals surface area (Å²) in [6.45, 7) is 0. The summed E-state index contributed by atoms with van der Waals surface area (Å²) in [5.74, 6) is -0.254. The third-order valence-electron chi connectivity index (χ3n) is 2.30. The molecule has 0 aromatic heterocycles. The highest BCUT2D eigenvalue weighted by Gasteiger charge is 2.09. The van der Waals surface area contributed by atoms with Gasteiger partial charge < -0.3 is 11.1 Å². The topological polar surface area (TPSA) is 55.1 Å². The molecule has 0 unspecified atom stereocenters. The molecule has 3 nitrogen and oxygen atoms in total. The minimum Gasteiger partial charge on any atom is -0.399 e. The van der Waals surface area contributed by atoms with Gasteiger partial charge in [-0.15, -0.1) is 0 Å². The van der Waals surface area contributed by atoms with Crippen LogP contribution in [0.3, 0.4) is 0 Å². The number of halogens is 2. The van der Waals surface area contributed by atoms with Gasteiger partial charge in [0.25, 0.3) is 5.91 Å². The zero-order chi connectivity index (χ0) is 13.1. The number of benzene rings is 2. The fraction of sp³-hybridized carbons (Fsp3) is 0. The number of rotatable bonds is 2. The van der Waals surface area contributed by atoms with Crippen molar-refractivity contribution >= 4 is 44.8 Å². The average Bonchev–Trinajstić information content (AvgIpc) is 2.31. The Morgan fingerprint density at radius 3 is 2.61 bits per heavy atom. The average molecular weight is 326 g/mol. The van der Waals surface area contributed by atoms with Crippen LogP contribution in [0.5, 0.6) is 0 Å². The van der Waals surface area contributed by atoms with Crippen LogP contribution in [0.1, 0.15) is 10.4 Å². The molecule has 1 amide bonds. The number of hydrogen-bond donors (Lipinski definition) is 2. The summed E-state index contributed by atoms with van der Waals surface area (Å²) in [5.41, 5.74) is 7.25. The number of nitrogen functional groups attached to an aromatic ring is 1. The molecule has 0 fully saturated rings. The lowest BCUT2D eigenvalue weighted by Gasteiger charge is -2.08. The zero-order valence-electron chi connectivity index (χ0n) is 9.28. The Labute approximate surface area is 118 Å². The molecule has 0 bridgehead atoms. The zero-order valence-corrected chi connectivity index (χ0v) is 11.6. The summed E-state index contributed by atoms with van der Waals surface area (Å²) in [7, 11) is 0. The largest absolute Gasteiger partial charge is 0.399 e. The molecule has 0 saturated heterocycles. The fourth-order valence-electron chi connectivity index (χ4n) is 1.50. The number of amides is 1. The number of anilines is 2. The van der Waals surface area contributed by atoms with E-state index >= 15 is 0 Å². The molecule has 0 radical (unpaired) electrons. The molecule has 18 heavy (non-hydrogen) atoms. The number of hydrogen-bond acceptors (Lipinski definition) is 2. The van der Waals surface area contributed by atoms with Crippen LogP contribution in [0.25, 0.3) is 0 Å². The molecule has 2 aromatic rings. The molecule has 0 atom stereocenters. The van der Waals surface area contributed by atoms with E-state index in [9.17, 15) is 4.79 Å². The summed E-state index contributed by atoms with van der Waals surface area (Å²) in [5, 5.41) is 3.23. The summed E-state index contributed by atoms with van der Waals surface area (Å²) in [4.78, 5) is 12.0. The standard InChI is InChI=1S/C13H10BrClN2O/c14-9-5-8(6-10(16)7-9)13(18)17-12-4-2-1-3-11(12)15/h1-7H,16H2,(H,17,18). The molecule has 0 spiro atoms. The molecule has 5 heteroatoms. The monoisotopic (exact) mass is 324 g/mol. The van der Waals surface area contributed by atoms with Gasteiger partial charge in [0.2, 0.25) is 0 Å². The van der Waals surface area contributed by atoms with E-state index in [0.29, 0.717) is 22.0 Å². The molecule has 0 aliphatic carbocycles. The minimum absolute atomic E-state index is 0.254. The van der Waals surface area contributed by atoms with Crippen LogP contribution in [0.4, 0.5) is 11.4 Å². The highest BCUT2D eigenvalue weighted by molar-refractivity contribution is 9.10. The van der Waals surface area contributed by atoms with E-state index in [2.05, 4.69) is 21.2 Å². The Bertz CT molecular complexity index is 581. The van der Waals surface area contributed by atoms with Gasteiger partial charge in [0.05, 0.1) is 10.7 Å². The Kier molecular flexibility index (Phi) is 3.89. The number of nitrogens with two attached hydrogens (primary N) is 1. The van der Waals surface area contributed by atoms with Crippen molar-refractivity contribution in [2.75, 3.05) is 11.1 Å². The van der Waals surface area contributed by atoms with E-state index < -0.39 is 0 Å². The smallest absolute Gasteiger partial charge is 0.255 e. The molecule has 0 aliphatic heterocycles. The second-order valence-electron chi connectivity index (χ2n) is 3.71.